The number of Topliss-reactive ketones (excluding diaryl/α,β-unsaturated/α-hetero) is 1. The Morgan fingerprint density at radius 3 is 2.37 bits per heavy atom. The van der Waals surface area contributed by atoms with Crippen molar-refractivity contribution >= 4 is 11.5 Å². The Morgan fingerprint density at radius 2 is 1.70 bits per heavy atom. The van der Waals surface area contributed by atoms with Crippen LogP contribution in [-0.4, -0.2) is 66.4 Å². The maximum absolute atomic E-state index is 12.9. The van der Waals surface area contributed by atoms with Crippen LogP contribution in [0.1, 0.15) is 23.2 Å². The van der Waals surface area contributed by atoms with Crippen molar-refractivity contribution in [2.75, 3.05) is 45.9 Å². The first-order valence-electron chi connectivity index (χ1n) is 10.1. The standard InChI is InChI=1S/C22H26FN3O4/c23-19-8-6-18(7-9-19)22(27)5-2-10-24-11-13-25(14-12-24)15-16-30-21-4-1-3-20(17-21)26(28)29/h1,3-4,6-9,17H,2,5,10-16H2. The van der Waals surface area contributed by atoms with Crippen molar-refractivity contribution in [1.29, 1.82) is 0 Å². The summed E-state index contributed by atoms with van der Waals surface area (Å²) >= 11 is 0. The number of nitro benzene ring substituents is 1. The maximum Gasteiger partial charge on any atom is 0.273 e. The summed E-state index contributed by atoms with van der Waals surface area (Å²) in [7, 11) is 0. The first kappa shape index (κ1) is 21.9. The van der Waals surface area contributed by atoms with E-state index in [0.717, 1.165) is 45.7 Å². The molecule has 30 heavy (non-hydrogen) atoms. The van der Waals surface area contributed by atoms with Crippen molar-refractivity contribution in [1.82, 2.24) is 9.80 Å². The summed E-state index contributed by atoms with van der Waals surface area (Å²) in [5.41, 5.74) is 0.587. The van der Waals surface area contributed by atoms with Crippen LogP contribution in [0.25, 0.3) is 0 Å². The van der Waals surface area contributed by atoms with Crippen LogP contribution in [0.5, 0.6) is 5.75 Å². The van der Waals surface area contributed by atoms with Gasteiger partial charge in [0.05, 0.1) is 11.0 Å². The van der Waals surface area contributed by atoms with Crippen LogP contribution < -0.4 is 4.74 Å². The Balaban J connectivity index is 1.30. The number of carbonyl (C=O) groups excluding carboxylic acids is 1. The van der Waals surface area contributed by atoms with Gasteiger partial charge in [0.25, 0.3) is 5.69 Å². The average molecular weight is 415 g/mol. The Bertz CT molecular complexity index is 852. The number of carbonyl (C=O) groups is 1. The number of piperazine rings is 1. The lowest BCUT2D eigenvalue weighted by molar-refractivity contribution is -0.384. The molecule has 0 unspecified atom stereocenters. The third-order valence-electron chi connectivity index (χ3n) is 5.21. The van der Waals surface area contributed by atoms with E-state index in [1.165, 1.54) is 36.4 Å². The summed E-state index contributed by atoms with van der Waals surface area (Å²) < 4.78 is 18.6. The Labute approximate surface area is 175 Å². The molecule has 2 aromatic rings. The molecule has 1 heterocycles. The molecule has 0 radical (unpaired) electrons. The molecule has 0 N–H and O–H groups in total. The molecule has 7 nitrogen and oxygen atoms in total. The monoisotopic (exact) mass is 415 g/mol. The van der Waals surface area contributed by atoms with Crippen molar-refractivity contribution in [2.45, 2.75) is 12.8 Å². The third-order valence-corrected chi connectivity index (χ3v) is 5.21. The predicted molar refractivity (Wildman–Crippen MR) is 111 cm³/mol. The highest BCUT2D eigenvalue weighted by Gasteiger charge is 2.17. The lowest BCUT2D eigenvalue weighted by atomic mass is 10.1. The van der Waals surface area contributed by atoms with Gasteiger partial charge in [0.2, 0.25) is 0 Å². The Kier molecular flexibility index (Phi) is 7.87. The normalized spacial score (nSPS) is 15.1. The molecule has 1 aliphatic heterocycles. The highest BCUT2D eigenvalue weighted by Crippen LogP contribution is 2.19. The average Bonchev–Trinajstić information content (AvgIpc) is 2.75. The van der Waals surface area contributed by atoms with Gasteiger partial charge in [-0.2, -0.15) is 0 Å². The van der Waals surface area contributed by atoms with E-state index in [-0.39, 0.29) is 17.3 Å². The zero-order valence-electron chi connectivity index (χ0n) is 16.8. The quantitative estimate of drug-likeness (QED) is 0.336. The highest BCUT2D eigenvalue weighted by atomic mass is 19.1. The van der Waals surface area contributed by atoms with E-state index in [9.17, 15) is 19.3 Å². The van der Waals surface area contributed by atoms with E-state index >= 15 is 0 Å². The molecule has 1 aliphatic rings. The summed E-state index contributed by atoms with van der Waals surface area (Å²) in [4.78, 5) is 27.2. The van der Waals surface area contributed by atoms with E-state index in [1.807, 2.05) is 0 Å². The van der Waals surface area contributed by atoms with Gasteiger partial charge in [-0.05, 0) is 43.3 Å². The van der Waals surface area contributed by atoms with Crippen molar-refractivity contribution in [3.63, 3.8) is 0 Å². The number of benzene rings is 2. The van der Waals surface area contributed by atoms with Crippen molar-refractivity contribution < 1.29 is 18.8 Å². The number of ether oxygens (including phenoxy) is 1. The van der Waals surface area contributed by atoms with Gasteiger partial charge in [-0.25, -0.2) is 4.39 Å². The zero-order chi connectivity index (χ0) is 21.3. The van der Waals surface area contributed by atoms with Crippen LogP contribution in [-0.2, 0) is 0 Å². The first-order chi connectivity index (χ1) is 14.5. The SMILES string of the molecule is O=C(CCCN1CCN(CCOc2cccc([N+](=O)[O-])c2)CC1)c1ccc(F)cc1. The number of non-ortho nitro benzene ring substituents is 1. The molecule has 0 spiro atoms. The van der Waals surface area contributed by atoms with Crippen molar-refractivity contribution in [3.05, 3.63) is 70.0 Å². The molecule has 0 bridgehead atoms. The molecule has 0 atom stereocenters. The molecule has 0 aromatic heterocycles. The number of nitro groups is 1. The van der Waals surface area contributed by atoms with E-state index in [1.54, 1.807) is 12.1 Å². The van der Waals surface area contributed by atoms with Crippen LogP contribution >= 0.6 is 0 Å². The van der Waals surface area contributed by atoms with Gasteiger partial charge in [-0.3, -0.25) is 19.8 Å². The number of ketones is 1. The Hall–Kier alpha value is -2.84. The van der Waals surface area contributed by atoms with E-state index in [4.69, 9.17) is 4.74 Å². The van der Waals surface area contributed by atoms with E-state index < -0.39 is 4.92 Å². The lowest BCUT2D eigenvalue weighted by Gasteiger charge is -2.34. The molecular weight excluding hydrogens is 389 g/mol. The summed E-state index contributed by atoms with van der Waals surface area (Å²) in [6.45, 7) is 5.81. The van der Waals surface area contributed by atoms with Crippen molar-refractivity contribution in [2.24, 2.45) is 0 Å². The maximum atomic E-state index is 12.9. The molecule has 2 aromatic carbocycles. The lowest BCUT2D eigenvalue weighted by Crippen LogP contribution is -2.47. The van der Waals surface area contributed by atoms with Crippen LogP contribution in [0.4, 0.5) is 10.1 Å². The molecular formula is C22H26FN3O4. The minimum Gasteiger partial charge on any atom is -0.492 e. The fraction of sp³-hybridized carbons (Fsp3) is 0.409. The van der Waals surface area contributed by atoms with E-state index in [2.05, 4.69) is 9.80 Å². The summed E-state index contributed by atoms with van der Waals surface area (Å²) in [6.07, 6.45) is 1.25. The van der Waals surface area contributed by atoms with Crippen LogP contribution in [0.2, 0.25) is 0 Å². The molecule has 3 rings (SSSR count). The largest absolute Gasteiger partial charge is 0.492 e. The Morgan fingerprint density at radius 1 is 1.03 bits per heavy atom. The molecule has 160 valence electrons. The number of nitrogens with zero attached hydrogens (tertiary/aromatic N) is 3. The van der Waals surface area contributed by atoms with Crippen LogP contribution in [0.15, 0.2) is 48.5 Å². The van der Waals surface area contributed by atoms with Gasteiger partial charge in [-0.1, -0.05) is 6.07 Å². The van der Waals surface area contributed by atoms with Crippen LogP contribution in [0.3, 0.4) is 0 Å². The van der Waals surface area contributed by atoms with Gasteiger partial charge in [0.15, 0.2) is 5.78 Å². The van der Waals surface area contributed by atoms with Gasteiger partial charge >= 0.3 is 0 Å². The van der Waals surface area contributed by atoms with Gasteiger partial charge in [0.1, 0.15) is 18.2 Å². The molecule has 0 aliphatic carbocycles. The number of halogens is 1. The molecule has 1 saturated heterocycles. The number of hydrogen-bond acceptors (Lipinski definition) is 6. The zero-order valence-corrected chi connectivity index (χ0v) is 16.8. The highest BCUT2D eigenvalue weighted by molar-refractivity contribution is 5.95. The number of rotatable bonds is 10. The first-order valence-corrected chi connectivity index (χ1v) is 10.1. The second-order valence-corrected chi connectivity index (χ2v) is 7.32. The molecule has 0 saturated carbocycles. The predicted octanol–water partition coefficient (Wildman–Crippen LogP) is 3.39. The van der Waals surface area contributed by atoms with Gasteiger partial charge in [-0.15, -0.1) is 0 Å². The second kappa shape index (κ2) is 10.8. The second-order valence-electron chi connectivity index (χ2n) is 7.32. The van der Waals surface area contributed by atoms with Crippen LogP contribution in [0, 0.1) is 15.9 Å². The van der Waals surface area contributed by atoms with Gasteiger partial charge in [0, 0.05) is 50.8 Å². The number of hydrogen-bond donors (Lipinski definition) is 0. The van der Waals surface area contributed by atoms with Gasteiger partial charge < -0.3 is 9.64 Å². The summed E-state index contributed by atoms with van der Waals surface area (Å²) in [5, 5.41) is 10.8. The topological polar surface area (TPSA) is 75.9 Å². The van der Waals surface area contributed by atoms with Crippen molar-refractivity contribution in [3.8, 4) is 5.75 Å². The smallest absolute Gasteiger partial charge is 0.273 e. The third kappa shape index (κ3) is 6.60. The van der Waals surface area contributed by atoms with E-state index in [0.29, 0.717) is 24.3 Å². The summed E-state index contributed by atoms with van der Waals surface area (Å²) in [6, 6.07) is 11.9. The summed E-state index contributed by atoms with van der Waals surface area (Å²) in [5.74, 6) is 0.223. The fourth-order valence-corrected chi connectivity index (χ4v) is 3.46. The minimum atomic E-state index is -0.431. The fourth-order valence-electron chi connectivity index (χ4n) is 3.46. The minimum absolute atomic E-state index is 0.0269. The molecule has 1 fully saturated rings. The molecule has 8 heteroatoms. The molecule has 0 amide bonds.